The number of phenols is 1. The zero-order valence-electron chi connectivity index (χ0n) is 8.44. The quantitative estimate of drug-likeness (QED) is 0.582. The molecule has 1 rings (SSSR count). The first-order chi connectivity index (χ1) is 6.66. The van der Waals surface area contributed by atoms with Crippen LogP contribution in [0.4, 0.5) is 0 Å². The lowest BCUT2D eigenvalue weighted by Gasteiger charge is -2.09. The van der Waals surface area contributed by atoms with Gasteiger partial charge in [0.1, 0.15) is 5.75 Å². The summed E-state index contributed by atoms with van der Waals surface area (Å²) < 4.78 is 0. The molecule has 3 heteroatoms. The minimum absolute atomic E-state index is 0.319. The van der Waals surface area contributed by atoms with Crippen LogP contribution in [0, 0.1) is 0 Å². The highest BCUT2D eigenvalue weighted by atomic mass is 32.1. The van der Waals surface area contributed by atoms with Crippen LogP contribution in [0.1, 0.15) is 30.9 Å². The van der Waals surface area contributed by atoms with Crippen LogP contribution in [0.5, 0.6) is 5.75 Å². The van der Waals surface area contributed by atoms with E-state index in [1.807, 2.05) is 18.2 Å². The Kier molecular flexibility index (Phi) is 4.01. The van der Waals surface area contributed by atoms with E-state index in [4.69, 9.17) is 0 Å². The molecule has 0 amide bonds. The molecule has 76 valence electrons. The van der Waals surface area contributed by atoms with E-state index >= 15 is 0 Å². The van der Waals surface area contributed by atoms with Crippen LogP contribution in [0.15, 0.2) is 23.2 Å². The highest BCUT2D eigenvalue weighted by Gasteiger charge is 2.07. The van der Waals surface area contributed by atoms with Crippen LogP contribution in [0.25, 0.3) is 0 Å². The average molecular weight is 209 g/mol. The molecule has 0 atom stereocenters. The van der Waals surface area contributed by atoms with Gasteiger partial charge < -0.3 is 5.11 Å². The maximum atomic E-state index is 9.87. The molecule has 2 nitrogen and oxygen atoms in total. The predicted octanol–water partition coefficient (Wildman–Crippen LogP) is 2.82. The lowest BCUT2D eigenvalue weighted by Crippen LogP contribution is -1.92. The van der Waals surface area contributed by atoms with Crippen molar-refractivity contribution in [3.63, 3.8) is 0 Å². The molecule has 1 aromatic carbocycles. The van der Waals surface area contributed by atoms with Crippen molar-refractivity contribution in [1.29, 1.82) is 0 Å². The maximum Gasteiger partial charge on any atom is 0.127 e. The van der Waals surface area contributed by atoms with Crippen molar-refractivity contribution in [3.8, 4) is 5.75 Å². The van der Waals surface area contributed by atoms with Gasteiger partial charge in [-0.25, -0.2) is 0 Å². The van der Waals surface area contributed by atoms with Crippen molar-refractivity contribution in [2.75, 3.05) is 5.88 Å². The lowest BCUT2D eigenvalue weighted by atomic mass is 9.99. The van der Waals surface area contributed by atoms with Gasteiger partial charge in [-0.2, -0.15) is 12.6 Å². The molecule has 0 aliphatic heterocycles. The standard InChI is InChI=1S/C11H15NOS/c1-8(2)10-5-3-4-9(11(10)13)6-12-7-14/h3-6,8,13-14H,7H2,1-2H3/b12-6+. The number of para-hydroxylation sites is 1. The van der Waals surface area contributed by atoms with Crippen LogP contribution < -0.4 is 0 Å². The smallest absolute Gasteiger partial charge is 0.127 e. The molecule has 0 unspecified atom stereocenters. The van der Waals surface area contributed by atoms with Gasteiger partial charge in [0.05, 0.1) is 5.88 Å². The molecule has 1 aromatic rings. The van der Waals surface area contributed by atoms with Gasteiger partial charge in [0, 0.05) is 11.8 Å². The van der Waals surface area contributed by atoms with Gasteiger partial charge in [0.2, 0.25) is 0 Å². The molecule has 0 heterocycles. The summed E-state index contributed by atoms with van der Waals surface area (Å²) in [6.07, 6.45) is 1.65. The van der Waals surface area contributed by atoms with Gasteiger partial charge in [-0.05, 0) is 17.5 Å². The summed E-state index contributed by atoms with van der Waals surface area (Å²) in [6, 6.07) is 5.70. The fourth-order valence-corrected chi connectivity index (χ4v) is 1.37. The summed E-state index contributed by atoms with van der Waals surface area (Å²) in [5.41, 5.74) is 1.71. The second-order valence-corrected chi connectivity index (χ2v) is 3.68. The fraction of sp³-hybridized carbons (Fsp3) is 0.364. The number of aromatic hydroxyl groups is 1. The van der Waals surface area contributed by atoms with Crippen LogP contribution in [-0.4, -0.2) is 17.2 Å². The van der Waals surface area contributed by atoms with E-state index in [1.54, 1.807) is 6.21 Å². The summed E-state index contributed by atoms with van der Waals surface area (Å²) >= 11 is 3.97. The van der Waals surface area contributed by atoms with Gasteiger partial charge in [-0.15, -0.1) is 0 Å². The first-order valence-electron chi connectivity index (χ1n) is 4.59. The number of benzene rings is 1. The molecule has 0 spiro atoms. The molecule has 0 bridgehead atoms. The number of rotatable bonds is 3. The Morgan fingerprint density at radius 3 is 2.79 bits per heavy atom. The molecule has 1 N–H and O–H groups in total. The molecule has 0 aliphatic rings. The first kappa shape index (κ1) is 11.1. The Morgan fingerprint density at radius 1 is 1.50 bits per heavy atom. The van der Waals surface area contributed by atoms with E-state index in [9.17, 15) is 5.11 Å². The minimum Gasteiger partial charge on any atom is -0.507 e. The van der Waals surface area contributed by atoms with Gasteiger partial charge in [0.15, 0.2) is 0 Å². The van der Waals surface area contributed by atoms with E-state index < -0.39 is 0 Å². The van der Waals surface area contributed by atoms with Crippen molar-refractivity contribution >= 4 is 18.8 Å². The van der Waals surface area contributed by atoms with Gasteiger partial charge in [0.25, 0.3) is 0 Å². The van der Waals surface area contributed by atoms with Crippen molar-refractivity contribution in [1.82, 2.24) is 0 Å². The summed E-state index contributed by atoms with van der Waals surface area (Å²) in [5.74, 6) is 1.08. The Hall–Kier alpha value is -0.960. The van der Waals surface area contributed by atoms with E-state index in [0.29, 0.717) is 17.5 Å². The topological polar surface area (TPSA) is 32.6 Å². The van der Waals surface area contributed by atoms with Gasteiger partial charge in [-0.1, -0.05) is 26.0 Å². The molecular formula is C11H15NOS. The predicted molar refractivity (Wildman–Crippen MR) is 63.6 cm³/mol. The van der Waals surface area contributed by atoms with E-state index in [0.717, 1.165) is 11.1 Å². The monoisotopic (exact) mass is 209 g/mol. The summed E-state index contributed by atoms with van der Waals surface area (Å²) in [6.45, 7) is 4.10. The van der Waals surface area contributed by atoms with Gasteiger partial charge in [-0.3, -0.25) is 4.99 Å². The molecule has 0 aliphatic carbocycles. The maximum absolute atomic E-state index is 9.87. The molecule has 0 saturated heterocycles. The van der Waals surface area contributed by atoms with Crippen molar-refractivity contribution in [2.45, 2.75) is 19.8 Å². The zero-order chi connectivity index (χ0) is 10.6. The number of hydrogen-bond acceptors (Lipinski definition) is 3. The minimum atomic E-state index is 0.319. The largest absolute Gasteiger partial charge is 0.507 e. The summed E-state index contributed by atoms with van der Waals surface area (Å²) in [7, 11) is 0. The Bertz CT molecular complexity index is 334. The third-order valence-electron chi connectivity index (χ3n) is 2.03. The fourth-order valence-electron chi connectivity index (χ4n) is 1.29. The molecule has 0 aromatic heterocycles. The van der Waals surface area contributed by atoms with Crippen LogP contribution in [-0.2, 0) is 0 Å². The second kappa shape index (κ2) is 5.05. The molecular weight excluding hydrogens is 194 g/mol. The van der Waals surface area contributed by atoms with E-state index in [1.165, 1.54) is 0 Å². The van der Waals surface area contributed by atoms with Gasteiger partial charge >= 0.3 is 0 Å². The van der Waals surface area contributed by atoms with Crippen molar-refractivity contribution < 1.29 is 5.11 Å². The van der Waals surface area contributed by atoms with E-state index in [2.05, 4.69) is 31.5 Å². The third kappa shape index (κ3) is 2.51. The summed E-state index contributed by atoms with van der Waals surface area (Å²) in [5, 5.41) is 9.87. The molecule has 14 heavy (non-hydrogen) atoms. The first-order valence-corrected chi connectivity index (χ1v) is 5.22. The Balaban J connectivity index is 3.07. The van der Waals surface area contributed by atoms with Crippen molar-refractivity contribution in [2.24, 2.45) is 4.99 Å². The number of hydrogen-bond donors (Lipinski definition) is 2. The SMILES string of the molecule is CC(C)c1cccc(/C=N/CS)c1O. The highest BCUT2D eigenvalue weighted by Crippen LogP contribution is 2.27. The zero-order valence-corrected chi connectivity index (χ0v) is 9.33. The molecule has 0 saturated carbocycles. The molecule has 0 radical (unpaired) electrons. The van der Waals surface area contributed by atoms with E-state index in [-0.39, 0.29) is 0 Å². The Morgan fingerprint density at radius 2 is 2.21 bits per heavy atom. The van der Waals surface area contributed by atoms with Crippen LogP contribution in [0.3, 0.4) is 0 Å². The highest BCUT2D eigenvalue weighted by molar-refractivity contribution is 7.80. The number of aliphatic imine (C=N–C) groups is 1. The Labute approximate surface area is 90.1 Å². The number of nitrogens with zero attached hydrogens (tertiary/aromatic N) is 1. The second-order valence-electron chi connectivity index (χ2n) is 3.39. The van der Waals surface area contributed by atoms with Crippen LogP contribution >= 0.6 is 12.6 Å². The lowest BCUT2D eigenvalue weighted by molar-refractivity contribution is 0.464. The molecule has 0 fully saturated rings. The van der Waals surface area contributed by atoms with Crippen molar-refractivity contribution in [3.05, 3.63) is 29.3 Å². The number of thiol groups is 1. The van der Waals surface area contributed by atoms with Crippen LogP contribution in [0.2, 0.25) is 0 Å². The summed E-state index contributed by atoms with van der Waals surface area (Å²) in [4.78, 5) is 3.98. The average Bonchev–Trinajstić information content (AvgIpc) is 2.16. The normalized spacial score (nSPS) is 11.4. The third-order valence-corrected chi connectivity index (χ3v) is 2.20. The number of phenolic OH excluding ortho intramolecular Hbond substituents is 1.